The van der Waals surface area contributed by atoms with E-state index in [0.717, 1.165) is 0 Å². The van der Waals surface area contributed by atoms with E-state index in [1.807, 2.05) is 0 Å². The first-order valence-corrected chi connectivity index (χ1v) is 1.76. The molecule has 6 heavy (non-hydrogen) atoms. The molecule has 0 aromatic rings. The molecule has 1 atom stereocenters. The third-order valence-electron chi connectivity index (χ3n) is 0.468. The minimum Gasteiger partial charge on any atom is -0.390 e. The van der Waals surface area contributed by atoms with Crippen molar-refractivity contribution in [2.75, 3.05) is 0 Å². The summed E-state index contributed by atoms with van der Waals surface area (Å²) < 4.78 is 0. The molecule has 2 nitrogen and oxygen atoms in total. The zero-order valence-electron chi connectivity index (χ0n) is 3.46. The van der Waals surface area contributed by atoms with E-state index < -0.39 is 6.10 Å². The van der Waals surface area contributed by atoms with Crippen LogP contribution in [0, 0.1) is 13.5 Å². The van der Waals surface area contributed by atoms with Crippen LogP contribution in [0.25, 0.3) is 0 Å². The predicted octanol–water partition coefficient (Wildman–Crippen LogP) is 0.106. The number of aliphatic hydroxyl groups is 2. The van der Waals surface area contributed by atoms with Gasteiger partial charge in [0.25, 0.3) is 0 Å². The lowest BCUT2D eigenvalue weighted by Gasteiger charge is -1.96. The summed E-state index contributed by atoms with van der Waals surface area (Å²) in [5.74, 6) is 0. The molecule has 2 N–H and O–H groups in total. The van der Waals surface area contributed by atoms with Gasteiger partial charge in [-0.15, -0.1) is 0 Å². The molecule has 0 bridgehead atoms. The monoisotopic (exact) mass is 88.1 g/mol. The second-order valence-electron chi connectivity index (χ2n) is 1.01. The topological polar surface area (TPSA) is 40.5 Å². The molecule has 1 unspecified atom stereocenters. The Hall–Kier alpha value is -0.0800. The average molecular weight is 88.1 g/mol. The highest BCUT2D eigenvalue weighted by atomic mass is 16.3. The molecular formula is C4H8O2. The van der Waals surface area contributed by atoms with Gasteiger partial charge in [0.1, 0.15) is 6.61 Å². The highest BCUT2D eigenvalue weighted by Crippen LogP contribution is 1.87. The maximum atomic E-state index is 8.30. The number of rotatable bonds is 2. The summed E-state index contributed by atoms with van der Waals surface area (Å²) in [7, 11) is 0. The molecule has 0 aliphatic rings. The Bertz CT molecular complexity index is 24.7. The molecule has 36 valence electrons. The van der Waals surface area contributed by atoms with E-state index in [2.05, 4.69) is 6.92 Å². The van der Waals surface area contributed by atoms with Gasteiger partial charge < -0.3 is 10.2 Å². The van der Waals surface area contributed by atoms with E-state index in [0.29, 0.717) is 13.0 Å². The van der Waals surface area contributed by atoms with Gasteiger partial charge >= 0.3 is 0 Å². The minimum absolute atomic E-state index is 0.330. The Kier molecular flexibility index (Phi) is 3.08. The van der Waals surface area contributed by atoms with Crippen molar-refractivity contribution in [2.24, 2.45) is 0 Å². The van der Waals surface area contributed by atoms with Crippen molar-refractivity contribution < 1.29 is 10.2 Å². The summed E-state index contributed by atoms with van der Waals surface area (Å²) in [6.45, 7) is 4.03. The smallest absolute Gasteiger partial charge is 0.108 e. The highest BCUT2D eigenvalue weighted by molar-refractivity contribution is 4.62. The van der Waals surface area contributed by atoms with Crippen LogP contribution in [0.5, 0.6) is 0 Å². The molecule has 0 rings (SSSR count). The quantitative estimate of drug-likeness (QED) is 0.502. The zero-order chi connectivity index (χ0) is 4.99. The predicted molar refractivity (Wildman–Crippen MR) is 22.2 cm³/mol. The lowest BCUT2D eigenvalue weighted by molar-refractivity contribution is 0.147. The summed E-state index contributed by atoms with van der Waals surface area (Å²) in [4.78, 5) is 0. The van der Waals surface area contributed by atoms with Crippen LogP contribution < -0.4 is 0 Å². The van der Waals surface area contributed by atoms with Gasteiger partial charge in [-0.3, -0.25) is 0 Å². The van der Waals surface area contributed by atoms with E-state index in [1.165, 1.54) is 0 Å². The Morgan fingerprint density at radius 1 is 1.83 bits per heavy atom. The van der Waals surface area contributed by atoms with Gasteiger partial charge in [0.2, 0.25) is 0 Å². The van der Waals surface area contributed by atoms with Crippen molar-refractivity contribution in [3.63, 3.8) is 0 Å². The van der Waals surface area contributed by atoms with Crippen molar-refractivity contribution in [1.29, 1.82) is 0 Å². The molecule has 0 aliphatic heterocycles. The first kappa shape index (κ1) is 5.92. The Balaban J connectivity index is 2.75. The largest absolute Gasteiger partial charge is 0.390 e. The zero-order valence-corrected chi connectivity index (χ0v) is 3.46. The van der Waals surface area contributed by atoms with Crippen LogP contribution in [-0.2, 0) is 0 Å². The first-order valence-electron chi connectivity index (χ1n) is 1.76. The molecule has 0 aromatic heterocycles. The second kappa shape index (κ2) is 3.12. The molecular weight excluding hydrogens is 80.0 g/mol. The minimum atomic E-state index is -0.745. The normalized spacial score (nSPS) is 14.5. The molecule has 0 fully saturated rings. The van der Waals surface area contributed by atoms with Crippen molar-refractivity contribution in [2.45, 2.75) is 12.5 Å². The Labute approximate surface area is 37.4 Å². The van der Waals surface area contributed by atoms with Gasteiger partial charge in [-0.1, -0.05) is 6.92 Å². The summed E-state index contributed by atoms with van der Waals surface area (Å²) in [6.07, 6.45) is -0.416. The first-order chi connectivity index (χ1) is 2.81. The maximum absolute atomic E-state index is 8.30. The maximum Gasteiger partial charge on any atom is 0.108 e. The molecule has 0 heterocycles. The molecule has 2 radical (unpaired) electrons. The van der Waals surface area contributed by atoms with Crippen molar-refractivity contribution in [1.82, 2.24) is 0 Å². The average Bonchev–Trinajstić information content (AvgIpc) is 1.65. The fourth-order valence-corrected chi connectivity index (χ4v) is 0.0745. The van der Waals surface area contributed by atoms with E-state index in [-0.39, 0.29) is 0 Å². The van der Waals surface area contributed by atoms with Crippen LogP contribution in [0.4, 0.5) is 0 Å². The summed E-state index contributed by atoms with van der Waals surface area (Å²) >= 11 is 0. The number of hydrogen-bond donors (Lipinski definition) is 2. The number of aliphatic hydroxyl groups excluding tert-OH is 2. The Morgan fingerprint density at radius 3 is 2.33 bits per heavy atom. The lowest BCUT2D eigenvalue weighted by atomic mass is 10.3. The van der Waals surface area contributed by atoms with Gasteiger partial charge in [-0.25, -0.2) is 0 Å². The van der Waals surface area contributed by atoms with Crippen molar-refractivity contribution in [3.8, 4) is 0 Å². The third-order valence-corrected chi connectivity index (χ3v) is 0.468. The summed E-state index contributed by atoms with van der Waals surface area (Å²) in [6, 6.07) is 0. The molecule has 0 saturated heterocycles. The standard InChI is InChI=1S/C4H8O2/c1-2-4(6)3-5/h3-6H,1-2H2. The second-order valence-corrected chi connectivity index (χ2v) is 1.01. The van der Waals surface area contributed by atoms with Gasteiger partial charge in [0.05, 0.1) is 6.10 Å². The van der Waals surface area contributed by atoms with Crippen molar-refractivity contribution >= 4 is 0 Å². The molecule has 0 amide bonds. The van der Waals surface area contributed by atoms with Crippen molar-refractivity contribution in [3.05, 3.63) is 13.5 Å². The molecule has 0 aromatic carbocycles. The molecule has 0 saturated carbocycles. The Morgan fingerprint density at radius 2 is 2.33 bits per heavy atom. The lowest BCUT2D eigenvalue weighted by Crippen LogP contribution is -2.02. The van der Waals surface area contributed by atoms with E-state index >= 15 is 0 Å². The van der Waals surface area contributed by atoms with E-state index in [9.17, 15) is 0 Å². The van der Waals surface area contributed by atoms with Crippen LogP contribution in [0.1, 0.15) is 6.42 Å². The highest BCUT2D eigenvalue weighted by Gasteiger charge is 1.93. The van der Waals surface area contributed by atoms with Crippen LogP contribution in [0.3, 0.4) is 0 Å². The molecule has 0 spiro atoms. The van der Waals surface area contributed by atoms with E-state index in [4.69, 9.17) is 10.2 Å². The fourth-order valence-electron chi connectivity index (χ4n) is 0.0745. The van der Waals surface area contributed by atoms with Gasteiger partial charge in [0.15, 0.2) is 0 Å². The fraction of sp³-hybridized carbons (Fsp3) is 0.500. The van der Waals surface area contributed by atoms with Crippen LogP contribution in [0.15, 0.2) is 0 Å². The third kappa shape index (κ3) is 2.18. The van der Waals surface area contributed by atoms with Crippen LogP contribution in [0.2, 0.25) is 0 Å². The summed E-state index contributed by atoms with van der Waals surface area (Å²) in [5.41, 5.74) is 0. The van der Waals surface area contributed by atoms with Gasteiger partial charge in [-0.2, -0.15) is 0 Å². The number of hydrogen-bond acceptors (Lipinski definition) is 2. The van der Waals surface area contributed by atoms with E-state index in [1.54, 1.807) is 0 Å². The summed E-state index contributed by atoms with van der Waals surface area (Å²) in [5, 5.41) is 16.2. The van der Waals surface area contributed by atoms with Crippen LogP contribution in [-0.4, -0.2) is 16.3 Å². The van der Waals surface area contributed by atoms with Gasteiger partial charge in [0, 0.05) is 0 Å². The molecule has 0 aliphatic carbocycles. The molecule has 2 heteroatoms. The van der Waals surface area contributed by atoms with Gasteiger partial charge in [-0.05, 0) is 6.42 Å². The SMILES string of the molecule is [CH2]CC(O)[CH]O. The van der Waals surface area contributed by atoms with Crippen LogP contribution >= 0.6 is 0 Å².